The van der Waals surface area contributed by atoms with Crippen LogP contribution < -0.4 is 4.74 Å². The van der Waals surface area contributed by atoms with Gasteiger partial charge in [-0.25, -0.2) is 0 Å². The van der Waals surface area contributed by atoms with Crippen LogP contribution >= 0.6 is 0 Å². The standard InChI is InChI=1S/C21H31N3O4/c1-22(2)12-13-24-16-21(10-8-19(24)26)9-5-11-23(15-21)20(27)14-28-18-7-4-3-6-17(18)25/h3-4,6-7,25H,5,8-16H2,1-2H3. The number of amides is 2. The van der Waals surface area contributed by atoms with E-state index < -0.39 is 0 Å². The van der Waals surface area contributed by atoms with E-state index in [-0.39, 0.29) is 29.6 Å². The summed E-state index contributed by atoms with van der Waals surface area (Å²) < 4.78 is 5.52. The molecule has 1 N–H and O–H groups in total. The highest BCUT2D eigenvalue weighted by Crippen LogP contribution is 2.39. The zero-order valence-corrected chi connectivity index (χ0v) is 16.9. The monoisotopic (exact) mass is 389 g/mol. The maximum absolute atomic E-state index is 12.7. The van der Waals surface area contributed by atoms with Gasteiger partial charge in [-0.15, -0.1) is 0 Å². The van der Waals surface area contributed by atoms with Crippen LogP contribution in [0.15, 0.2) is 24.3 Å². The van der Waals surface area contributed by atoms with Crippen molar-refractivity contribution < 1.29 is 19.4 Å². The number of ether oxygens (including phenoxy) is 1. The number of phenolic OH excluding ortho intramolecular Hbond substituents is 1. The second-order valence-electron chi connectivity index (χ2n) is 8.29. The first-order valence-electron chi connectivity index (χ1n) is 10.00. The maximum Gasteiger partial charge on any atom is 0.260 e. The molecule has 1 aromatic rings. The summed E-state index contributed by atoms with van der Waals surface area (Å²) in [5.74, 6) is 0.506. The number of hydrogen-bond acceptors (Lipinski definition) is 5. The zero-order valence-electron chi connectivity index (χ0n) is 16.9. The minimum absolute atomic E-state index is 0.0109. The van der Waals surface area contributed by atoms with Crippen molar-refractivity contribution in [2.45, 2.75) is 25.7 Å². The molecule has 2 saturated heterocycles. The Labute approximate surface area is 166 Å². The van der Waals surface area contributed by atoms with Crippen LogP contribution in [0.1, 0.15) is 25.7 Å². The van der Waals surface area contributed by atoms with Crippen molar-refractivity contribution in [3.63, 3.8) is 0 Å². The molecule has 0 saturated carbocycles. The molecule has 1 unspecified atom stereocenters. The van der Waals surface area contributed by atoms with Gasteiger partial charge < -0.3 is 24.5 Å². The minimum atomic E-state index is -0.0864. The van der Waals surface area contributed by atoms with E-state index in [4.69, 9.17) is 4.74 Å². The fourth-order valence-corrected chi connectivity index (χ4v) is 4.19. The van der Waals surface area contributed by atoms with Crippen molar-refractivity contribution in [1.82, 2.24) is 14.7 Å². The maximum atomic E-state index is 12.7. The van der Waals surface area contributed by atoms with Crippen LogP contribution in [0.2, 0.25) is 0 Å². The summed E-state index contributed by atoms with van der Waals surface area (Å²) in [6.07, 6.45) is 3.39. The lowest BCUT2D eigenvalue weighted by molar-refractivity contribution is -0.144. The van der Waals surface area contributed by atoms with Crippen molar-refractivity contribution >= 4 is 11.8 Å². The molecule has 1 aromatic carbocycles. The third kappa shape index (κ3) is 4.95. The molecule has 0 bridgehead atoms. The SMILES string of the molecule is CN(C)CCN1CC2(CCCN(C(=O)COc3ccccc3O)C2)CCC1=O. The minimum Gasteiger partial charge on any atom is -0.504 e. The molecule has 2 aliphatic heterocycles. The highest BCUT2D eigenvalue weighted by molar-refractivity contribution is 5.79. The lowest BCUT2D eigenvalue weighted by atomic mass is 9.73. The van der Waals surface area contributed by atoms with E-state index in [0.717, 1.165) is 45.4 Å². The van der Waals surface area contributed by atoms with Crippen molar-refractivity contribution in [1.29, 1.82) is 0 Å². The Morgan fingerprint density at radius 1 is 1.25 bits per heavy atom. The number of carbonyl (C=O) groups is 2. The largest absolute Gasteiger partial charge is 0.504 e. The van der Waals surface area contributed by atoms with Gasteiger partial charge in [-0.1, -0.05) is 12.1 Å². The second-order valence-corrected chi connectivity index (χ2v) is 8.29. The molecule has 7 heteroatoms. The van der Waals surface area contributed by atoms with E-state index in [2.05, 4.69) is 4.90 Å². The normalized spacial score (nSPS) is 22.8. The van der Waals surface area contributed by atoms with Gasteiger partial charge in [0.2, 0.25) is 5.91 Å². The topological polar surface area (TPSA) is 73.3 Å². The van der Waals surface area contributed by atoms with Gasteiger partial charge in [0.05, 0.1) is 0 Å². The molecule has 0 radical (unpaired) electrons. The fraction of sp³-hybridized carbons (Fsp3) is 0.619. The van der Waals surface area contributed by atoms with Gasteiger partial charge in [0.25, 0.3) is 5.91 Å². The number of aromatic hydroxyl groups is 1. The third-order valence-corrected chi connectivity index (χ3v) is 5.80. The molecule has 3 rings (SSSR count). The predicted octanol–water partition coefficient (Wildman–Crippen LogP) is 1.56. The average molecular weight is 389 g/mol. The summed E-state index contributed by atoms with van der Waals surface area (Å²) >= 11 is 0. The molecule has 0 aromatic heterocycles. The zero-order chi connectivity index (χ0) is 20.1. The van der Waals surface area contributed by atoms with E-state index in [1.807, 2.05) is 23.9 Å². The van der Waals surface area contributed by atoms with E-state index in [9.17, 15) is 14.7 Å². The second kappa shape index (κ2) is 8.82. The fourth-order valence-electron chi connectivity index (χ4n) is 4.19. The molecule has 28 heavy (non-hydrogen) atoms. The van der Waals surface area contributed by atoms with Gasteiger partial charge >= 0.3 is 0 Å². The van der Waals surface area contributed by atoms with Crippen LogP contribution in [-0.2, 0) is 9.59 Å². The van der Waals surface area contributed by atoms with Crippen molar-refractivity contribution in [2.24, 2.45) is 5.41 Å². The Hall–Kier alpha value is -2.28. The van der Waals surface area contributed by atoms with Crippen LogP contribution in [0.25, 0.3) is 0 Å². The van der Waals surface area contributed by atoms with Crippen LogP contribution in [-0.4, -0.2) is 85.0 Å². The lowest BCUT2D eigenvalue weighted by Gasteiger charge is -2.48. The first-order chi connectivity index (χ1) is 13.4. The molecule has 2 aliphatic rings. The smallest absolute Gasteiger partial charge is 0.260 e. The number of para-hydroxylation sites is 2. The molecular formula is C21H31N3O4. The number of phenols is 1. The van der Waals surface area contributed by atoms with Crippen molar-refractivity contribution in [3.8, 4) is 11.5 Å². The van der Waals surface area contributed by atoms with E-state index in [0.29, 0.717) is 18.7 Å². The molecular weight excluding hydrogens is 358 g/mol. The van der Waals surface area contributed by atoms with Crippen LogP contribution in [0.5, 0.6) is 11.5 Å². The first-order valence-corrected chi connectivity index (χ1v) is 10.00. The Morgan fingerprint density at radius 2 is 2.04 bits per heavy atom. The number of nitrogens with zero attached hydrogens (tertiary/aromatic N) is 3. The number of likely N-dealkylation sites (tertiary alicyclic amines) is 2. The summed E-state index contributed by atoms with van der Waals surface area (Å²) in [5.41, 5.74) is -0.0109. The molecule has 154 valence electrons. The quantitative estimate of drug-likeness (QED) is 0.799. The van der Waals surface area contributed by atoms with Gasteiger partial charge in [0.1, 0.15) is 0 Å². The molecule has 7 nitrogen and oxygen atoms in total. The van der Waals surface area contributed by atoms with Crippen LogP contribution in [0, 0.1) is 5.41 Å². The van der Waals surface area contributed by atoms with E-state index >= 15 is 0 Å². The van der Waals surface area contributed by atoms with Crippen molar-refractivity contribution in [3.05, 3.63) is 24.3 Å². The first kappa shape index (κ1) is 20.5. The molecule has 1 atom stereocenters. The summed E-state index contributed by atoms with van der Waals surface area (Å²) in [6.45, 7) is 3.61. The van der Waals surface area contributed by atoms with Gasteiger partial charge in [-0.05, 0) is 45.5 Å². The van der Waals surface area contributed by atoms with Crippen LogP contribution in [0.3, 0.4) is 0 Å². The summed E-state index contributed by atoms with van der Waals surface area (Å²) in [5, 5.41) is 9.79. The lowest BCUT2D eigenvalue weighted by Crippen LogP contribution is -2.56. The molecule has 2 fully saturated rings. The number of likely N-dealkylation sites (N-methyl/N-ethyl adjacent to an activating group) is 1. The Bertz CT molecular complexity index is 709. The molecule has 0 aliphatic carbocycles. The number of rotatable bonds is 6. The Kier molecular flexibility index (Phi) is 6.44. The van der Waals surface area contributed by atoms with Gasteiger partial charge in [-0.2, -0.15) is 0 Å². The molecule has 1 spiro atoms. The number of carbonyl (C=O) groups excluding carboxylic acids is 2. The number of piperidine rings is 2. The summed E-state index contributed by atoms with van der Waals surface area (Å²) in [4.78, 5) is 30.9. The number of hydrogen-bond donors (Lipinski definition) is 1. The highest BCUT2D eigenvalue weighted by atomic mass is 16.5. The summed E-state index contributed by atoms with van der Waals surface area (Å²) in [7, 11) is 4.02. The summed E-state index contributed by atoms with van der Waals surface area (Å²) in [6, 6.07) is 6.66. The molecule has 2 heterocycles. The Balaban J connectivity index is 1.58. The number of benzene rings is 1. The van der Waals surface area contributed by atoms with E-state index in [1.165, 1.54) is 6.07 Å². The third-order valence-electron chi connectivity index (χ3n) is 5.80. The highest BCUT2D eigenvalue weighted by Gasteiger charge is 2.42. The van der Waals surface area contributed by atoms with Crippen molar-refractivity contribution in [2.75, 3.05) is 53.4 Å². The molecule has 2 amide bonds. The average Bonchev–Trinajstić information content (AvgIpc) is 2.68. The van der Waals surface area contributed by atoms with Crippen LogP contribution in [0.4, 0.5) is 0 Å². The predicted molar refractivity (Wildman–Crippen MR) is 106 cm³/mol. The van der Waals surface area contributed by atoms with Gasteiger partial charge in [0, 0.05) is 44.6 Å². The van der Waals surface area contributed by atoms with Gasteiger partial charge in [0.15, 0.2) is 18.1 Å². The van der Waals surface area contributed by atoms with Gasteiger partial charge in [-0.3, -0.25) is 9.59 Å². The van der Waals surface area contributed by atoms with E-state index in [1.54, 1.807) is 18.2 Å². The Morgan fingerprint density at radius 3 is 2.79 bits per heavy atom.